The van der Waals surface area contributed by atoms with E-state index in [0.717, 1.165) is 11.3 Å². The van der Waals surface area contributed by atoms with Crippen molar-refractivity contribution < 1.29 is 9.90 Å². The highest BCUT2D eigenvalue weighted by molar-refractivity contribution is 5.84. The van der Waals surface area contributed by atoms with Crippen LogP contribution >= 0.6 is 0 Å². The first kappa shape index (κ1) is 12.0. The summed E-state index contributed by atoms with van der Waals surface area (Å²) >= 11 is 0. The molecule has 0 radical (unpaired) electrons. The zero-order valence-electron chi connectivity index (χ0n) is 9.79. The number of rotatable bonds is 4. The van der Waals surface area contributed by atoms with Gasteiger partial charge in [0.1, 0.15) is 5.82 Å². The molecule has 6 nitrogen and oxygen atoms in total. The molecule has 2 heterocycles. The predicted octanol–water partition coefficient (Wildman–Crippen LogP) is 1.49. The third-order valence-corrected chi connectivity index (χ3v) is 2.32. The Morgan fingerprint density at radius 1 is 1.22 bits per heavy atom. The fourth-order valence-electron chi connectivity index (χ4n) is 1.33. The molecule has 0 atom stereocenters. The molecule has 6 heteroatoms. The van der Waals surface area contributed by atoms with Gasteiger partial charge in [-0.3, -0.25) is 4.98 Å². The van der Waals surface area contributed by atoms with Crippen LogP contribution in [0.1, 0.15) is 21.7 Å². The van der Waals surface area contributed by atoms with Crippen LogP contribution in [-0.4, -0.2) is 26.0 Å². The number of nitrogens with one attached hydrogen (secondary N) is 1. The van der Waals surface area contributed by atoms with Crippen molar-refractivity contribution in [2.24, 2.45) is 0 Å². The Hall–Kier alpha value is -2.50. The molecule has 92 valence electrons. The van der Waals surface area contributed by atoms with Crippen LogP contribution in [0.5, 0.6) is 0 Å². The number of aromatic carboxylic acids is 1. The third kappa shape index (κ3) is 3.00. The summed E-state index contributed by atoms with van der Waals surface area (Å²) in [6.07, 6.45) is 4.39. The Bertz CT molecular complexity index is 537. The van der Waals surface area contributed by atoms with Gasteiger partial charge in [-0.2, -0.15) is 0 Å². The van der Waals surface area contributed by atoms with Gasteiger partial charge in [-0.15, -0.1) is 0 Å². The number of nitrogens with zero attached hydrogens (tertiary/aromatic N) is 3. The van der Waals surface area contributed by atoms with Crippen molar-refractivity contribution in [3.63, 3.8) is 0 Å². The van der Waals surface area contributed by atoms with Crippen LogP contribution in [0.2, 0.25) is 0 Å². The van der Waals surface area contributed by atoms with E-state index in [-0.39, 0.29) is 5.69 Å². The lowest BCUT2D eigenvalue weighted by atomic mass is 10.2. The highest BCUT2D eigenvalue weighted by atomic mass is 16.4. The standard InChI is InChI=1S/C12H12N4O2/c1-8-2-3-9(4-13-8)5-15-11-7-14-10(6-16-11)12(17)18/h2-4,6-7H,5H2,1H3,(H,15,16)(H,17,18). The predicted molar refractivity (Wildman–Crippen MR) is 65.3 cm³/mol. The number of carboxylic acids is 1. The Morgan fingerprint density at radius 3 is 2.61 bits per heavy atom. The smallest absolute Gasteiger partial charge is 0.356 e. The number of pyridine rings is 1. The van der Waals surface area contributed by atoms with Crippen molar-refractivity contribution in [3.8, 4) is 0 Å². The van der Waals surface area contributed by atoms with E-state index in [9.17, 15) is 4.79 Å². The Labute approximate surface area is 104 Å². The normalized spacial score (nSPS) is 10.1. The molecule has 0 aliphatic heterocycles. The van der Waals surface area contributed by atoms with E-state index in [4.69, 9.17) is 5.11 Å². The molecule has 0 fully saturated rings. The second-order valence-corrected chi connectivity index (χ2v) is 3.75. The van der Waals surface area contributed by atoms with Crippen molar-refractivity contribution in [1.82, 2.24) is 15.0 Å². The highest BCUT2D eigenvalue weighted by Crippen LogP contribution is 2.05. The third-order valence-electron chi connectivity index (χ3n) is 2.32. The van der Waals surface area contributed by atoms with Gasteiger partial charge in [-0.1, -0.05) is 6.07 Å². The molecule has 0 bridgehead atoms. The molecule has 0 aliphatic carbocycles. The zero-order chi connectivity index (χ0) is 13.0. The largest absolute Gasteiger partial charge is 0.476 e. The van der Waals surface area contributed by atoms with Gasteiger partial charge in [0.2, 0.25) is 0 Å². The summed E-state index contributed by atoms with van der Waals surface area (Å²) in [7, 11) is 0. The molecule has 0 spiro atoms. The van der Waals surface area contributed by atoms with E-state index in [2.05, 4.69) is 20.3 Å². The number of hydrogen-bond acceptors (Lipinski definition) is 5. The van der Waals surface area contributed by atoms with Crippen molar-refractivity contribution in [2.75, 3.05) is 5.32 Å². The Kier molecular flexibility index (Phi) is 3.47. The van der Waals surface area contributed by atoms with Crippen LogP contribution in [-0.2, 0) is 6.54 Å². The molecule has 2 N–H and O–H groups in total. The minimum atomic E-state index is -1.09. The molecule has 0 aromatic carbocycles. The lowest BCUT2D eigenvalue weighted by Gasteiger charge is -2.05. The van der Waals surface area contributed by atoms with Crippen molar-refractivity contribution in [3.05, 3.63) is 47.7 Å². The first-order valence-corrected chi connectivity index (χ1v) is 5.36. The second kappa shape index (κ2) is 5.22. The number of carboxylic acid groups (broad SMARTS) is 1. The molecular weight excluding hydrogens is 232 g/mol. The monoisotopic (exact) mass is 244 g/mol. The van der Waals surface area contributed by atoms with Gasteiger partial charge < -0.3 is 10.4 Å². The van der Waals surface area contributed by atoms with Gasteiger partial charge >= 0.3 is 5.97 Å². The van der Waals surface area contributed by atoms with E-state index in [1.807, 2.05) is 19.1 Å². The maximum absolute atomic E-state index is 10.6. The summed E-state index contributed by atoms with van der Waals surface area (Å²) in [6, 6.07) is 3.89. The lowest BCUT2D eigenvalue weighted by molar-refractivity contribution is 0.0690. The number of anilines is 1. The lowest BCUT2D eigenvalue weighted by Crippen LogP contribution is -2.05. The number of carbonyl (C=O) groups is 1. The van der Waals surface area contributed by atoms with Crippen molar-refractivity contribution >= 4 is 11.8 Å². The average molecular weight is 244 g/mol. The Balaban J connectivity index is 1.97. The molecule has 2 aromatic heterocycles. The maximum Gasteiger partial charge on any atom is 0.356 e. The molecule has 0 saturated heterocycles. The minimum absolute atomic E-state index is 0.0717. The fourth-order valence-corrected chi connectivity index (χ4v) is 1.33. The molecule has 0 amide bonds. The van der Waals surface area contributed by atoms with Gasteiger partial charge in [-0.05, 0) is 18.6 Å². The van der Waals surface area contributed by atoms with Crippen LogP contribution < -0.4 is 5.32 Å². The average Bonchev–Trinajstić information content (AvgIpc) is 2.38. The molecule has 0 unspecified atom stereocenters. The van der Waals surface area contributed by atoms with Gasteiger partial charge in [0, 0.05) is 18.4 Å². The van der Waals surface area contributed by atoms with Crippen molar-refractivity contribution in [1.29, 1.82) is 0 Å². The zero-order valence-corrected chi connectivity index (χ0v) is 9.79. The van der Waals surface area contributed by atoms with E-state index in [0.29, 0.717) is 12.4 Å². The van der Waals surface area contributed by atoms with Gasteiger partial charge in [0.25, 0.3) is 0 Å². The van der Waals surface area contributed by atoms with Gasteiger partial charge in [0.05, 0.1) is 12.4 Å². The summed E-state index contributed by atoms with van der Waals surface area (Å²) in [5, 5.41) is 11.7. The summed E-state index contributed by atoms with van der Waals surface area (Å²) in [4.78, 5) is 22.5. The Morgan fingerprint density at radius 2 is 2.06 bits per heavy atom. The van der Waals surface area contributed by atoms with E-state index >= 15 is 0 Å². The highest BCUT2D eigenvalue weighted by Gasteiger charge is 2.04. The van der Waals surface area contributed by atoms with E-state index in [1.165, 1.54) is 12.4 Å². The molecule has 2 rings (SSSR count). The summed E-state index contributed by atoms with van der Waals surface area (Å²) in [5.74, 6) is -0.558. The van der Waals surface area contributed by atoms with Crippen LogP contribution in [0.15, 0.2) is 30.7 Å². The first-order valence-electron chi connectivity index (χ1n) is 5.36. The van der Waals surface area contributed by atoms with Crippen LogP contribution in [0.25, 0.3) is 0 Å². The SMILES string of the molecule is Cc1ccc(CNc2cnc(C(=O)O)cn2)cn1. The van der Waals surface area contributed by atoms with Gasteiger partial charge in [-0.25, -0.2) is 14.8 Å². The van der Waals surface area contributed by atoms with Crippen LogP contribution in [0.4, 0.5) is 5.82 Å². The fraction of sp³-hybridized carbons (Fsp3) is 0.167. The molecule has 0 saturated carbocycles. The summed E-state index contributed by atoms with van der Waals surface area (Å²) in [6.45, 7) is 2.49. The molecule has 18 heavy (non-hydrogen) atoms. The van der Waals surface area contributed by atoms with E-state index in [1.54, 1.807) is 6.20 Å². The number of aromatic nitrogens is 3. The number of aryl methyl sites for hydroxylation is 1. The minimum Gasteiger partial charge on any atom is -0.476 e. The molecule has 2 aromatic rings. The number of hydrogen-bond donors (Lipinski definition) is 2. The first-order chi connectivity index (χ1) is 8.65. The van der Waals surface area contributed by atoms with E-state index < -0.39 is 5.97 Å². The second-order valence-electron chi connectivity index (χ2n) is 3.75. The van der Waals surface area contributed by atoms with Crippen LogP contribution in [0.3, 0.4) is 0 Å². The molecule has 0 aliphatic rings. The summed E-state index contributed by atoms with van der Waals surface area (Å²) in [5.41, 5.74) is 1.91. The van der Waals surface area contributed by atoms with Gasteiger partial charge in [0.15, 0.2) is 5.69 Å². The quantitative estimate of drug-likeness (QED) is 0.847. The molecular formula is C12H12N4O2. The topological polar surface area (TPSA) is 88.0 Å². The van der Waals surface area contributed by atoms with Crippen LogP contribution in [0, 0.1) is 6.92 Å². The summed E-state index contributed by atoms with van der Waals surface area (Å²) < 4.78 is 0. The van der Waals surface area contributed by atoms with Crippen molar-refractivity contribution in [2.45, 2.75) is 13.5 Å². The maximum atomic E-state index is 10.6.